The summed E-state index contributed by atoms with van der Waals surface area (Å²) in [6, 6.07) is 5.96. The average molecular weight is 318 g/mol. The van der Waals surface area contributed by atoms with Crippen molar-refractivity contribution < 1.29 is 19.8 Å². The van der Waals surface area contributed by atoms with Crippen molar-refractivity contribution in [3.05, 3.63) is 29.3 Å². The molecular formula is C13H16ClNO4S. The minimum atomic E-state index is -1.16. The molecule has 0 heterocycles. The Balaban J connectivity index is 2.57. The number of amides is 1. The van der Waals surface area contributed by atoms with Gasteiger partial charge in [0.15, 0.2) is 0 Å². The standard InChI is InChI=1S/C13H16ClNO4S/c1-8(20-10-4-2-9(14)3-5-10)12(17)15-11(6-7-16)13(18)19/h2-5,8,11,16H,6-7H2,1H3,(H,15,17)(H,18,19)/t8?,11-/m0/s1. The van der Waals surface area contributed by atoms with Gasteiger partial charge < -0.3 is 15.5 Å². The quantitative estimate of drug-likeness (QED) is 0.667. The zero-order valence-electron chi connectivity index (χ0n) is 10.9. The number of thioether (sulfide) groups is 1. The molecule has 0 fully saturated rings. The number of aliphatic hydroxyl groups is 1. The lowest BCUT2D eigenvalue weighted by Crippen LogP contribution is -2.44. The maximum absolute atomic E-state index is 11.9. The van der Waals surface area contributed by atoms with E-state index in [9.17, 15) is 9.59 Å². The molecule has 0 aliphatic carbocycles. The topological polar surface area (TPSA) is 86.6 Å². The summed E-state index contributed by atoms with van der Waals surface area (Å²) >= 11 is 7.08. The van der Waals surface area contributed by atoms with Gasteiger partial charge in [-0.3, -0.25) is 4.79 Å². The number of aliphatic hydroxyl groups excluding tert-OH is 1. The molecule has 3 N–H and O–H groups in total. The Labute approximate surface area is 126 Å². The highest BCUT2D eigenvalue weighted by Crippen LogP contribution is 2.24. The Morgan fingerprint density at radius 3 is 2.45 bits per heavy atom. The number of carboxylic acid groups (broad SMARTS) is 1. The molecule has 1 unspecified atom stereocenters. The van der Waals surface area contributed by atoms with Crippen molar-refractivity contribution in [2.24, 2.45) is 0 Å². The lowest BCUT2D eigenvalue weighted by molar-refractivity contribution is -0.142. The Morgan fingerprint density at radius 1 is 1.35 bits per heavy atom. The van der Waals surface area contributed by atoms with Crippen molar-refractivity contribution in [2.45, 2.75) is 29.5 Å². The van der Waals surface area contributed by atoms with E-state index in [4.69, 9.17) is 21.8 Å². The molecule has 0 aliphatic heterocycles. The van der Waals surface area contributed by atoms with Crippen LogP contribution in [0.15, 0.2) is 29.2 Å². The molecule has 0 saturated heterocycles. The van der Waals surface area contributed by atoms with E-state index in [1.54, 1.807) is 31.2 Å². The molecule has 7 heteroatoms. The van der Waals surface area contributed by atoms with Crippen LogP contribution in [0.2, 0.25) is 5.02 Å². The summed E-state index contributed by atoms with van der Waals surface area (Å²) in [5, 5.41) is 20.2. The summed E-state index contributed by atoms with van der Waals surface area (Å²) in [6.07, 6.45) is -0.0145. The molecule has 5 nitrogen and oxygen atoms in total. The van der Waals surface area contributed by atoms with Gasteiger partial charge in [0.2, 0.25) is 5.91 Å². The van der Waals surface area contributed by atoms with Crippen LogP contribution in [0.25, 0.3) is 0 Å². The number of carbonyl (C=O) groups excluding carboxylic acids is 1. The second kappa shape index (κ2) is 8.14. The van der Waals surface area contributed by atoms with Crippen LogP contribution in [0, 0.1) is 0 Å². The van der Waals surface area contributed by atoms with Gasteiger partial charge in [0.05, 0.1) is 5.25 Å². The molecule has 0 radical (unpaired) electrons. The van der Waals surface area contributed by atoms with Crippen LogP contribution in [0.4, 0.5) is 0 Å². The molecule has 1 amide bonds. The molecule has 0 saturated carbocycles. The van der Waals surface area contributed by atoms with Gasteiger partial charge in [-0.25, -0.2) is 4.79 Å². The van der Waals surface area contributed by atoms with Gasteiger partial charge in [0, 0.05) is 22.9 Å². The number of nitrogens with one attached hydrogen (secondary N) is 1. The number of hydrogen-bond acceptors (Lipinski definition) is 4. The molecule has 0 aromatic heterocycles. The first kappa shape index (κ1) is 16.8. The number of carbonyl (C=O) groups is 2. The van der Waals surface area contributed by atoms with E-state index >= 15 is 0 Å². The molecule has 1 rings (SSSR count). The Bertz CT molecular complexity index is 466. The van der Waals surface area contributed by atoms with E-state index < -0.39 is 17.3 Å². The van der Waals surface area contributed by atoms with Crippen molar-refractivity contribution in [3.63, 3.8) is 0 Å². The summed E-state index contributed by atoms with van der Waals surface area (Å²) in [7, 11) is 0. The summed E-state index contributed by atoms with van der Waals surface area (Å²) in [6.45, 7) is 1.39. The first-order valence-electron chi connectivity index (χ1n) is 6.00. The minimum absolute atomic E-state index is 0.0145. The first-order valence-corrected chi connectivity index (χ1v) is 7.26. The second-order valence-corrected chi connectivity index (χ2v) is 5.98. The van der Waals surface area contributed by atoms with Crippen molar-refractivity contribution >= 4 is 35.2 Å². The fraction of sp³-hybridized carbons (Fsp3) is 0.385. The van der Waals surface area contributed by atoms with Gasteiger partial charge in [0.25, 0.3) is 0 Å². The lowest BCUT2D eigenvalue weighted by atomic mass is 10.2. The molecule has 20 heavy (non-hydrogen) atoms. The highest BCUT2D eigenvalue weighted by molar-refractivity contribution is 8.00. The van der Waals surface area contributed by atoms with Crippen molar-refractivity contribution in [3.8, 4) is 0 Å². The van der Waals surface area contributed by atoms with Crippen molar-refractivity contribution in [1.82, 2.24) is 5.32 Å². The van der Waals surface area contributed by atoms with Crippen LogP contribution < -0.4 is 5.32 Å². The van der Waals surface area contributed by atoms with E-state index in [1.165, 1.54) is 11.8 Å². The van der Waals surface area contributed by atoms with Gasteiger partial charge >= 0.3 is 5.97 Å². The van der Waals surface area contributed by atoms with Crippen LogP contribution in [0.1, 0.15) is 13.3 Å². The van der Waals surface area contributed by atoms with Crippen LogP contribution in [0.3, 0.4) is 0 Å². The maximum Gasteiger partial charge on any atom is 0.326 e. The van der Waals surface area contributed by atoms with E-state index in [1.807, 2.05) is 0 Å². The predicted molar refractivity (Wildman–Crippen MR) is 78.0 cm³/mol. The fourth-order valence-corrected chi connectivity index (χ4v) is 2.45. The molecule has 0 bridgehead atoms. The molecular weight excluding hydrogens is 302 g/mol. The van der Waals surface area contributed by atoms with Crippen molar-refractivity contribution in [1.29, 1.82) is 0 Å². The molecule has 110 valence electrons. The summed E-state index contributed by atoms with van der Waals surface area (Å²) in [4.78, 5) is 23.7. The van der Waals surface area contributed by atoms with Crippen molar-refractivity contribution in [2.75, 3.05) is 6.61 Å². The zero-order valence-corrected chi connectivity index (χ0v) is 12.4. The summed E-state index contributed by atoms with van der Waals surface area (Å²) < 4.78 is 0. The van der Waals surface area contributed by atoms with E-state index in [2.05, 4.69) is 5.32 Å². The van der Waals surface area contributed by atoms with E-state index in [0.717, 1.165) is 4.90 Å². The SMILES string of the molecule is CC(Sc1ccc(Cl)cc1)C(=O)N[C@@H](CCO)C(=O)O. The van der Waals surface area contributed by atoms with Crippen LogP contribution >= 0.6 is 23.4 Å². The third-order valence-corrected chi connectivity index (χ3v) is 3.89. The Hall–Kier alpha value is -1.24. The zero-order chi connectivity index (χ0) is 15.1. The summed E-state index contributed by atoms with van der Waals surface area (Å²) in [5.41, 5.74) is 0. The maximum atomic E-state index is 11.9. The number of carboxylic acids is 1. The highest BCUT2D eigenvalue weighted by atomic mass is 35.5. The van der Waals surface area contributed by atoms with Crippen LogP contribution in [-0.4, -0.2) is 40.0 Å². The largest absolute Gasteiger partial charge is 0.480 e. The molecule has 2 atom stereocenters. The molecule has 0 aliphatic rings. The number of rotatable bonds is 7. The normalized spacial score (nSPS) is 13.6. The van der Waals surface area contributed by atoms with Gasteiger partial charge in [0.1, 0.15) is 6.04 Å². The summed E-state index contributed by atoms with van der Waals surface area (Å²) in [5.74, 6) is -1.54. The third-order valence-electron chi connectivity index (χ3n) is 2.53. The number of benzene rings is 1. The molecule has 1 aromatic carbocycles. The highest BCUT2D eigenvalue weighted by Gasteiger charge is 2.22. The van der Waals surface area contributed by atoms with Gasteiger partial charge in [-0.05, 0) is 31.2 Å². The van der Waals surface area contributed by atoms with Gasteiger partial charge in [-0.15, -0.1) is 11.8 Å². The van der Waals surface area contributed by atoms with Gasteiger partial charge in [-0.2, -0.15) is 0 Å². The van der Waals surface area contributed by atoms with Gasteiger partial charge in [-0.1, -0.05) is 11.6 Å². The van der Waals surface area contributed by atoms with E-state index in [0.29, 0.717) is 5.02 Å². The third kappa shape index (κ3) is 5.40. The number of halogens is 1. The number of aliphatic carboxylic acids is 1. The Kier molecular flexibility index (Phi) is 6.84. The van der Waals surface area contributed by atoms with Crippen LogP contribution in [0.5, 0.6) is 0 Å². The average Bonchev–Trinajstić information content (AvgIpc) is 2.40. The smallest absolute Gasteiger partial charge is 0.326 e. The predicted octanol–water partition coefficient (Wildman–Crippen LogP) is 1.77. The molecule has 0 spiro atoms. The first-order chi connectivity index (χ1) is 9.43. The fourth-order valence-electron chi connectivity index (χ4n) is 1.45. The van der Waals surface area contributed by atoms with E-state index in [-0.39, 0.29) is 18.9 Å². The van der Waals surface area contributed by atoms with Crippen LogP contribution in [-0.2, 0) is 9.59 Å². The minimum Gasteiger partial charge on any atom is -0.480 e. The second-order valence-electron chi connectivity index (χ2n) is 4.13. The molecule has 1 aromatic rings. The Morgan fingerprint density at radius 2 is 1.95 bits per heavy atom. The number of hydrogen-bond donors (Lipinski definition) is 3. The lowest BCUT2D eigenvalue weighted by Gasteiger charge is -2.16. The monoisotopic (exact) mass is 317 g/mol.